The van der Waals surface area contributed by atoms with E-state index in [2.05, 4.69) is 6.07 Å². The first-order valence-electron chi connectivity index (χ1n) is 6.40. The van der Waals surface area contributed by atoms with E-state index in [1.807, 2.05) is 19.1 Å². The molecule has 0 radical (unpaired) electrons. The molecule has 1 aromatic carbocycles. The Kier molecular flexibility index (Phi) is 2.46. The summed E-state index contributed by atoms with van der Waals surface area (Å²) < 4.78 is 0. The first kappa shape index (κ1) is 11.9. The maximum atomic E-state index is 12.1. The van der Waals surface area contributed by atoms with Crippen LogP contribution in [0.1, 0.15) is 35.2 Å². The predicted octanol–water partition coefficient (Wildman–Crippen LogP) is 2.22. The Hall–Kier alpha value is -2.15. The monoisotopic (exact) mass is 254 g/mol. The Morgan fingerprint density at radius 1 is 1.37 bits per heavy atom. The number of benzene rings is 1. The minimum absolute atomic E-state index is 0.0861. The van der Waals surface area contributed by atoms with Crippen LogP contribution < -0.4 is 4.90 Å². The molecule has 19 heavy (non-hydrogen) atoms. The predicted molar refractivity (Wildman–Crippen MR) is 69.8 cm³/mol. The van der Waals surface area contributed by atoms with Gasteiger partial charge in [-0.2, -0.15) is 5.26 Å². The minimum Gasteiger partial charge on any atom is -0.304 e. The van der Waals surface area contributed by atoms with E-state index in [0.717, 1.165) is 18.4 Å². The molecule has 4 nitrogen and oxygen atoms in total. The molecule has 1 fully saturated rings. The van der Waals surface area contributed by atoms with Crippen LogP contribution in [-0.2, 0) is 4.79 Å². The van der Waals surface area contributed by atoms with Gasteiger partial charge in [0, 0.05) is 18.4 Å². The number of ketones is 1. The summed E-state index contributed by atoms with van der Waals surface area (Å²) in [6, 6.07) is 7.68. The van der Waals surface area contributed by atoms with Gasteiger partial charge in [0.25, 0.3) is 11.7 Å². The molecule has 1 aromatic rings. The van der Waals surface area contributed by atoms with E-state index in [0.29, 0.717) is 24.2 Å². The largest absolute Gasteiger partial charge is 0.304 e. The van der Waals surface area contributed by atoms with Crippen LogP contribution in [0.25, 0.3) is 0 Å². The quantitative estimate of drug-likeness (QED) is 0.777. The molecule has 1 saturated carbocycles. The van der Waals surface area contributed by atoms with Gasteiger partial charge in [-0.1, -0.05) is 11.6 Å². The van der Waals surface area contributed by atoms with E-state index >= 15 is 0 Å². The number of nitriles is 1. The van der Waals surface area contributed by atoms with Crippen molar-refractivity contribution in [3.05, 3.63) is 29.3 Å². The van der Waals surface area contributed by atoms with Gasteiger partial charge in [0.2, 0.25) is 0 Å². The van der Waals surface area contributed by atoms with Crippen LogP contribution in [0.15, 0.2) is 18.2 Å². The third-order valence-electron chi connectivity index (χ3n) is 4.03. The van der Waals surface area contributed by atoms with Crippen molar-refractivity contribution < 1.29 is 9.59 Å². The molecule has 0 atom stereocenters. The highest BCUT2D eigenvalue weighted by Gasteiger charge is 2.48. The minimum atomic E-state index is -0.454. The van der Waals surface area contributed by atoms with Crippen molar-refractivity contribution in [2.75, 3.05) is 11.4 Å². The summed E-state index contributed by atoms with van der Waals surface area (Å²) >= 11 is 0. The van der Waals surface area contributed by atoms with Crippen LogP contribution in [-0.4, -0.2) is 18.2 Å². The van der Waals surface area contributed by atoms with E-state index in [4.69, 9.17) is 5.26 Å². The first-order chi connectivity index (χ1) is 9.06. The molecule has 0 saturated heterocycles. The third-order valence-corrected chi connectivity index (χ3v) is 4.03. The van der Waals surface area contributed by atoms with Crippen molar-refractivity contribution in [1.82, 2.24) is 0 Å². The molecule has 96 valence electrons. The van der Waals surface area contributed by atoms with E-state index in [-0.39, 0.29) is 5.41 Å². The lowest BCUT2D eigenvalue weighted by molar-refractivity contribution is -0.114. The van der Waals surface area contributed by atoms with Crippen molar-refractivity contribution in [1.29, 1.82) is 5.26 Å². The highest BCUT2D eigenvalue weighted by Crippen LogP contribution is 2.50. The van der Waals surface area contributed by atoms with Gasteiger partial charge in [0.05, 0.1) is 17.3 Å². The lowest BCUT2D eigenvalue weighted by atomic mass is 10.0. The van der Waals surface area contributed by atoms with Gasteiger partial charge < -0.3 is 4.90 Å². The zero-order valence-corrected chi connectivity index (χ0v) is 10.8. The Morgan fingerprint density at radius 3 is 2.74 bits per heavy atom. The van der Waals surface area contributed by atoms with Gasteiger partial charge in [-0.15, -0.1) is 0 Å². The number of fused-ring (bicyclic) bond motifs is 1. The smallest absolute Gasteiger partial charge is 0.299 e. The molecule has 0 bridgehead atoms. The molecule has 2 aliphatic rings. The van der Waals surface area contributed by atoms with Crippen molar-refractivity contribution in [2.24, 2.45) is 5.41 Å². The van der Waals surface area contributed by atoms with E-state index in [1.165, 1.54) is 0 Å². The highest BCUT2D eigenvalue weighted by atomic mass is 16.2. The van der Waals surface area contributed by atoms with Gasteiger partial charge in [-0.3, -0.25) is 9.59 Å². The van der Waals surface area contributed by atoms with Crippen molar-refractivity contribution in [3.63, 3.8) is 0 Å². The number of carbonyl (C=O) groups is 2. The summed E-state index contributed by atoms with van der Waals surface area (Å²) in [7, 11) is 0. The lowest BCUT2D eigenvalue weighted by Gasteiger charge is -2.21. The fourth-order valence-corrected chi connectivity index (χ4v) is 2.64. The molecule has 0 N–H and O–H groups in total. The average Bonchev–Trinajstić information content (AvgIpc) is 3.10. The normalized spacial score (nSPS) is 19.3. The molecular weight excluding hydrogens is 240 g/mol. The lowest BCUT2D eigenvalue weighted by Crippen LogP contribution is -2.35. The number of nitrogens with zero attached hydrogens (tertiary/aromatic N) is 2. The summed E-state index contributed by atoms with van der Waals surface area (Å²) in [5, 5.41) is 8.84. The van der Waals surface area contributed by atoms with E-state index in [9.17, 15) is 9.59 Å². The molecule has 4 heteroatoms. The number of rotatable bonds is 3. The summed E-state index contributed by atoms with van der Waals surface area (Å²) in [5.41, 5.74) is 2.08. The van der Waals surface area contributed by atoms with E-state index in [1.54, 1.807) is 11.0 Å². The Bertz CT molecular complexity index is 624. The first-order valence-corrected chi connectivity index (χ1v) is 6.40. The molecule has 0 aromatic heterocycles. The van der Waals surface area contributed by atoms with E-state index < -0.39 is 11.7 Å². The molecule has 1 heterocycles. The fraction of sp³-hybridized carbons (Fsp3) is 0.400. The zero-order valence-electron chi connectivity index (χ0n) is 10.8. The van der Waals surface area contributed by atoms with Crippen LogP contribution >= 0.6 is 0 Å². The van der Waals surface area contributed by atoms with Gasteiger partial charge in [-0.25, -0.2) is 0 Å². The Morgan fingerprint density at radius 2 is 2.11 bits per heavy atom. The number of carbonyl (C=O) groups excluding carboxylic acids is 2. The molecule has 3 rings (SSSR count). The van der Waals surface area contributed by atoms with Gasteiger partial charge >= 0.3 is 0 Å². The van der Waals surface area contributed by atoms with Gasteiger partial charge in [0.1, 0.15) is 0 Å². The number of amides is 1. The number of Topliss-reactive ketones (excluding diaryl/α,β-unsaturated/α-hetero) is 1. The highest BCUT2D eigenvalue weighted by molar-refractivity contribution is 6.52. The van der Waals surface area contributed by atoms with Crippen LogP contribution in [0.5, 0.6) is 0 Å². The zero-order chi connectivity index (χ0) is 13.6. The van der Waals surface area contributed by atoms with Crippen molar-refractivity contribution in [2.45, 2.75) is 26.2 Å². The second-order valence-corrected chi connectivity index (χ2v) is 5.58. The van der Waals surface area contributed by atoms with Crippen molar-refractivity contribution in [3.8, 4) is 6.07 Å². The molecule has 1 aliphatic carbocycles. The summed E-state index contributed by atoms with van der Waals surface area (Å²) in [4.78, 5) is 25.6. The topological polar surface area (TPSA) is 61.2 Å². The summed E-state index contributed by atoms with van der Waals surface area (Å²) in [6.07, 6.45) is 2.37. The Balaban J connectivity index is 1.94. The average molecular weight is 254 g/mol. The molecule has 1 aliphatic heterocycles. The van der Waals surface area contributed by atoms with Crippen LogP contribution in [0, 0.1) is 23.7 Å². The molecule has 0 unspecified atom stereocenters. The van der Waals surface area contributed by atoms with Crippen LogP contribution in [0.3, 0.4) is 0 Å². The number of hydrogen-bond acceptors (Lipinski definition) is 3. The number of anilines is 1. The van der Waals surface area contributed by atoms with Gasteiger partial charge in [0.15, 0.2) is 0 Å². The van der Waals surface area contributed by atoms with Crippen LogP contribution in [0.2, 0.25) is 0 Å². The maximum Gasteiger partial charge on any atom is 0.299 e. The maximum absolute atomic E-state index is 12.1. The second kappa shape index (κ2) is 3.92. The molecule has 1 amide bonds. The number of hydrogen-bond donors (Lipinski definition) is 0. The molecule has 0 spiro atoms. The Labute approximate surface area is 111 Å². The summed E-state index contributed by atoms with van der Waals surface area (Å²) in [6.45, 7) is 2.39. The third kappa shape index (κ3) is 1.82. The van der Waals surface area contributed by atoms with Crippen molar-refractivity contribution >= 4 is 17.4 Å². The second-order valence-electron chi connectivity index (χ2n) is 5.58. The standard InChI is InChI=1S/C15H14N2O2/c1-10-2-3-12-11(8-10)13(18)14(19)17(12)9-15(4-5-15)6-7-16/h2-3,8H,4-6,9H2,1H3. The SMILES string of the molecule is Cc1ccc2c(c1)C(=O)C(=O)N2CC1(CC#N)CC1. The molecular formula is C15H14N2O2. The summed E-state index contributed by atoms with van der Waals surface area (Å²) in [5.74, 6) is -0.878. The number of aryl methyl sites for hydroxylation is 1. The van der Waals surface area contributed by atoms with Crippen LogP contribution in [0.4, 0.5) is 5.69 Å². The fourth-order valence-electron chi connectivity index (χ4n) is 2.64. The van der Waals surface area contributed by atoms with Gasteiger partial charge in [-0.05, 0) is 31.9 Å².